The molecule has 0 bridgehead atoms. The van der Waals surface area contributed by atoms with Crippen LogP contribution in [-0.4, -0.2) is 61.7 Å². The smallest absolute Gasteiger partial charge is 0.244 e. The molecule has 28 heavy (non-hydrogen) atoms. The lowest BCUT2D eigenvalue weighted by atomic mass is 9.95. The van der Waals surface area contributed by atoms with E-state index in [2.05, 4.69) is 5.32 Å². The molecule has 0 saturated carbocycles. The second kappa shape index (κ2) is 8.29. The van der Waals surface area contributed by atoms with Crippen LogP contribution in [0.2, 0.25) is 0 Å². The first-order valence-electron chi connectivity index (χ1n) is 9.07. The summed E-state index contributed by atoms with van der Waals surface area (Å²) in [4.78, 5) is 26.3. The number of rotatable bonds is 4. The van der Waals surface area contributed by atoms with Crippen LogP contribution in [0.1, 0.15) is 33.3 Å². The van der Waals surface area contributed by atoms with Crippen molar-refractivity contribution in [3.05, 3.63) is 29.8 Å². The van der Waals surface area contributed by atoms with Gasteiger partial charge in [0.25, 0.3) is 0 Å². The SMILES string of the molecule is C[C@@H](NC(=O)C(C)(C)C)C(=O)N1CCN(S(=O)(=O)c2ccc(C#N)cc2)CC1. The third kappa shape index (κ3) is 4.88. The van der Waals surface area contributed by atoms with Gasteiger partial charge in [-0.05, 0) is 31.2 Å². The van der Waals surface area contributed by atoms with Crippen molar-refractivity contribution in [1.82, 2.24) is 14.5 Å². The van der Waals surface area contributed by atoms with Crippen molar-refractivity contribution in [2.75, 3.05) is 26.2 Å². The number of piperazine rings is 1. The second-order valence-corrected chi connectivity index (χ2v) is 9.75. The lowest BCUT2D eigenvalue weighted by Gasteiger charge is -2.35. The molecule has 1 saturated heterocycles. The third-order valence-electron chi connectivity index (χ3n) is 4.57. The summed E-state index contributed by atoms with van der Waals surface area (Å²) >= 11 is 0. The van der Waals surface area contributed by atoms with Crippen molar-refractivity contribution >= 4 is 21.8 Å². The Bertz CT molecular complexity index is 874. The molecule has 0 spiro atoms. The van der Waals surface area contributed by atoms with Crippen molar-refractivity contribution < 1.29 is 18.0 Å². The Morgan fingerprint density at radius 3 is 2.11 bits per heavy atom. The predicted octanol–water partition coefficient (Wildman–Crippen LogP) is 0.942. The molecule has 8 nitrogen and oxygen atoms in total. The van der Waals surface area contributed by atoms with E-state index in [9.17, 15) is 18.0 Å². The van der Waals surface area contributed by atoms with Gasteiger partial charge in [0.1, 0.15) is 6.04 Å². The zero-order valence-electron chi connectivity index (χ0n) is 16.6. The Morgan fingerprint density at radius 1 is 1.11 bits per heavy atom. The minimum atomic E-state index is -3.68. The van der Waals surface area contributed by atoms with Gasteiger partial charge < -0.3 is 10.2 Å². The molecule has 1 aromatic carbocycles. The average Bonchev–Trinajstić information content (AvgIpc) is 2.66. The van der Waals surface area contributed by atoms with Crippen molar-refractivity contribution in [3.63, 3.8) is 0 Å². The van der Waals surface area contributed by atoms with Gasteiger partial charge in [0.15, 0.2) is 0 Å². The number of nitrogens with one attached hydrogen (secondary N) is 1. The van der Waals surface area contributed by atoms with Crippen LogP contribution in [-0.2, 0) is 19.6 Å². The summed E-state index contributed by atoms with van der Waals surface area (Å²) in [5.74, 6) is -0.441. The van der Waals surface area contributed by atoms with Crippen LogP contribution in [0.15, 0.2) is 29.2 Å². The number of carbonyl (C=O) groups is 2. The molecule has 1 atom stereocenters. The summed E-state index contributed by atoms with van der Waals surface area (Å²) in [5, 5.41) is 11.5. The standard InChI is InChI=1S/C19H26N4O4S/c1-14(21-18(25)19(2,3)4)17(24)22-9-11-23(12-10-22)28(26,27)16-7-5-15(13-20)6-8-16/h5-8,14H,9-12H2,1-4H3,(H,21,25)/t14-/m1/s1. The molecule has 1 N–H and O–H groups in total. The van der Waals surface area contributed by atoms with E-state index in [1.165, 1.54) is 28.6 Å². The van der Waals surface area contributed by atoms with Gasteiger partial charge in [-0.2, -0.15) is 9.57 Å². The molecular weight excluding hydrogens is 380 g/mol. The number of benzene rings is 1. The van der Waals surface area contributed by atoms with Crippen LogP contribution in [0.3, 0.4) is 0 Å². The largest absolute Gasteiger partial charge is 0.344 e. The van der Waals surface area contributed by atoms with E-state index in [1.54, 1.807) is 32.6 Å². The highest BCUT2D eigenvalue weighted by Gasteiger charge is 2.32. The average molecular weight is 407 g/mol. The van der Waals surface area contributed by atoms with E-state index in [1.807, 2.05) is 6.07 Å². The van der Waals surface area contributed by atoms with Gasteiger partial charge >= 0.3 is 0 Å². The molecule has 0 unspecified atom stereocenters. The van der Waals surface area contributed by atoms with E-state index < -0.39 is 21.5 Å². The molecule has 0 aromatic heterocycles. The van der Waals surface area contributed by atoms with Crippen LogP contribution in [0.5, 0.6) is 0 Å². The molecule has 0 radical (unpaired) electrons. The third-order valence-corrected chi connectivity index (χ3v) is 6.48. The molecule has 9 heteroatoms. The molecule has 1 heterocycles. The van der Waals surface area contributed by atoms with Gasteiger partial charge in [0, 0.05) is 31.6 Å². The van der Waals surface area contributed by atoms with Crippen LogP contribution in [0.4, 0.5) is 0 Å². The lowest BCUT2D eigenvalue weighted by Crippen LogP contribution is -2.55. The van der Waals surface area contributed by atoms with Gasteiger partial charge in [0.05, 0.1) is 16.5 Å². The van der Waals surface area contributed by atoms with Crippen molar-refractivity contribution in [1.29, 1.82) is 5.26 Å². The minimum absolute atomic E-state index is 0.122. The van der Waals surface area contributed by atoms with E-state index in [4.69, 9.17) is 5.26 Å². The minimum Gasteiger partial charge on any atom is -0.344 e. The van der Waals surface area contributed by atoms with Gasteiger partial charge in [0.2, 0.25) is 21.8 Å². The molecule has 1 aromatic rings. The summed E-state index contributed by atoms with van der Waals surface area (Å²) < 4.78 is 26.8. The van der Waals surface area contributed by atoms with E-state index in [0.29, 0.717) is 5.56 Å². The number of carbonyl (C=O) groups excluding carboxylic acids is 2. The zero-order valence-corrected chi connectivity index (χ0v) is 17.4. The summed E-state index contributed by atoms with van der Waals surface area (Å²) in [6, 6.07) is 7.03. The molecule has 152 valence electrons. The summed E-state index contributed by atoms with van der Waals surface area (Å²) in [5.41, 5.74) is -0.205. The first kappa shape index (κ1) is 21.9. The predicted molar refractivity (Wildman–Crippen MR) is 104 cm³/mol. The summed E-state index contributed by atoms with van der Waals surface area (Å²) in [7, 11) is -3.68. The Balaban J connectivity index is 1.98. The molecule has 2 amide bonds. The fourth-order valence-corrected chi connectivity index (χ4v) is 4.17. The lowest BCUT2D eigenvalue weighted by molar-refractivity contribution is -0.139. The highest BCUT2D eigenvalue weighted by molar-refractivity contribution is 7.89. The molecule has 1 aliphatic rings. The van der Waals surface area contributed by atoms with Crippen LogP contribution >= 0.6 is 0 Å². The fraction of sp³-hybridized carbons (Fsp3) is 0.526. The van der Waals surface area contributed by atoms with Crippen LogP contribution in [0, 0.1) is 16.7 Å². The topological polar surface area (TPSA) is 111 Å². The highest BCUT2D eigenvalue weighted by atomic mass is 32.2. The summed E-state index contributed by atoms with van der Waals surface area (Å²) in [6.07, 6.45) is 0. The Kier molecular flexibility index (Phi) is 6.47. The normalized spacial score (nSPS) is 16.9. The van der Waals surface area contributed by atoms with Crippen LogP contribution in [0.25, 0.3) is 0 Å². The first-order valence-corrected chi connectivity index (χ1v) is 10.5. The highest BCUT2D eigenvalue weighted by Crippen LogP contribution is 2.19. The summed E-state index contributed by atoms with van der Waals surface area (Å²) in [6.45, 7) is 7.80. The number of hydrogen-bond acceptors (Lipinski definition) is 5. The maximum Gasteiger partial charge on any atom is 0.244 e. The number of amides is 2. The van der Waals surface area contributed by atoms with Crippen LogP contribution < -0.4 is 5.32 Å². The van der Waals surface area contributed by atoms with E-state index in [-0.39, 0.29) is 42.9 Å². The quantitative estimate of drug-likeness (QED) is 0.800. The van der Waals surface area contributed by atoms with E-state index >= 15 is 0 Å². The molecule has 1 aliphatic heterocycles. The molecule has 2 rings (SSSR count). The molecule has 0 aliphatic carbocycles. The zero-order chi connectivity index (χ0) is 21.1. The first-order chi connectivity index (χ1) is 13.0. The van der Waals surface area contributed by atoms with Gasteiger partial charge in [-0.1, -0.05) is 20.8 Å². The number of hydrogen-bond donors (Lipinski definition) is 1. The van der Waals surface area contributed by atoms with Crippen molar-refractivity contribution in [3.8, 4) is 6.07 Å². The second-order valence-electron chi connectivity index (χ2n) is 7.81. The monoisotopic (exact) mass is 406 g/mol. The number of sulfonamides is 1. The van der Waals surface area contributed by atoms with E-state index in [0.717, 1.165) is 0 Å². The Morgan fingerprint density at radius 2 is 1.64 bits per heavy atom. The molecule has 1 fully saturated rings. The Hall–Kier alpha value is -2.44. The number of nitriles is 1. The van der Waals surface area contributed by atoms with Crippen molar-refractivity contribution in [2.45, 2.75) is 38.6 Å². The molecular formula is C19H26N4O4S. The number of nitrogens with zero attached hydrogens (tertiary/aromatic N) is 3. The van der Waals surface area contributed by atoms with Gasteiger partial charge in [-0.3, -0.25) is 9.59 Å². The fourth-order valence-electron chi connectivity index (χ4n) is 2.75. The maximum absolute atomic E-state index is 12.7. The van der Waals surface area contributed by atoms with Gasteiger partial charge in [-0.25, -0.2) is 8.42 Å². The van der Waals surface area contributed by atoms with Gasteiger partial charge in [-0.15, -0.1) is 0 Å². The van der Waals surface area contributed by atoms with Crippen molar-refractivity contribution in [2.24, 2.45) is 5.41 Å². The maximum atomic E-state index is 12.7. The Labute approximate surface area is 166 Å².